The summed E-state index contributed by atoms with van der Waals surface area (Å²) in [6, 6.07) is -0.697. The molecule has 0 aromatic heterocycles. The van der Waals surface area contributed by atoms with Gasteiger partial charge in [0.15, 0.2) is 0 Å². The third kappa shape index (κ3) is 35.4. The fraction of sp³-hybridized carbons (Fsp3) is 0.911. The van der Waals surface area contributed by atoms with E-state index in [-0.39, 0.29) is 24.9 Å². The zero-order chi connectivity index (χ0) is 37.5. The number of amides is 1. The zero-order valence-electron chi connectivity index (χ0n) is 34.3. The van der Waals surface area contributed by atoms with Crippen molar-refractivity contribution >= 4 is 11.9 Å². The summed E-state index contributed by atoms with van der Waals surface area (Å²) in [5.41, 5.74) is 0. The van der Waals surface area contributed by atoms with Crippen LogP contribution < -0.4 is 5.32 Å². The first-order valence-electron chi connectivity index (χ1n) is 22.4. The highest BCUT2D eigenvalue weighted by Crippen LogP contribution is 2.17. The second kappa shape index (κ2) is 39.8. The molecule has 302 valence electrons. The molecular formula is C45H87NO5. The Bertz CT molecular complexity index is 772. The van der Waals surface area contributed by atoms with E-state index in [0.717, 1.165) is 64.2 Å². The smallest absolute Gasteiger partial charge is 0.306 e. The Hall–Kier alpha value is -1.40. The highest BCUT2D eigenvalue weighted by atomic mass is 16.5. The van der Waals surface area contributed by atoms with Gasteiger partial charge in [-0.15, -0.1) is 0 Å². The molecule has 0 heterocycles. The number of allylic oxidation sites excluding steroid dienone is 2. The maximum Gasteiger partial charge on any atom is 0.306 e. The molecule has 3 N–H and O–H groups in total. The lowest BCUT2D eigenvalue weighted by molar-refractivity contribution is -0.151. The Morgan fingerprint density at radius 1 is 0.549 bits per heavy atom. The van der Waals surface area contributed by atoms with Gasteiger partial charge in [0, 0.05) is 6.42 Å². The number of esters is 1. The second-order valence-electron chi connectivity index (χ2n) is 15.5. The van der Waals surface area contributed by atoms with Crippen molar-refractivity contribution in [3.63, 3.8) is 0 Å². The van der Waals surface area contributed by atoms with Gasteiger partial charge >= 0.3 is 5.97 Å². The van der Waals surface area contributed by atoms with Crippen molar-refractivity contribution in [2.75, 3.05) is 6.61 Å². The van der Waals surface area contributed by atoms with Crippen LogP contribution in [-0.4, -0.2) is 46.9 Å². The number of carbonyl (C=O) groups is 2. The number of unbranched alkanes of at least 4 members (excludes halogenated alkanes) is 26. The quantitative estimate of drug-likeness (QED) is 0.0332. The molecule has 6 heteroatoms. The predicted molar refractivity (Wildman–Crippen MR) is 218 cm³/mol. The second-order valence-corrected chi connectivity index (χ2v) is 15.5. The van der Waals surface area contributed by atoms with Crippen LogP contribution in [-0.2, 0) is 14.3 Å². The lowest BCUT2D eigenvalue weighted by Crippen LogP contribution is -2.46. The number of carbonyl (C=O) groups excluding carboxylic acids is 2. The van der Waals surface area contributed by atoms with Gasteiger partial charge in [-0.2, -0.15) is 0 Å². The summed E-state index contributed by atoms with van der Waals surface area (Å²) in [4.78, 5) is 25.8. The highest BCUT2D eigenvalue weighted by Gasteiger charge is 2.24. The van der Waals surface area contributed by atoms with Crippen molar-refractivity contribution in [1.29, 1.82) is 0 Å². The van der Waals surface area contributed by atoms with Crippen LogP contribution >= 0.6 is 0 Å². The molecule has 51 heavy (non-hydrogen) atoms. The number of rotatable bonds is 40. The number of nitrogens with one attached hydrogen (secondary N) is 1. The average molecular weight is 722 g/mol. The molecule has 0 saturated heterocycles. The number of hydrogen-bond acceptors (Lipinski definition) is 5. The van der Waals surface area contributed by atoms with Crippen LogP contribution in [0.25, 0.3) is 0 Å². The zero-order valence-corrected chi connectivity index (χ0v) is 34.3. The molecule has 0 aromatic carbocycles. The molecule has 0 rings (SSSR count). The largest absolute Gasteiger partial charge is 0.462 e. The van der Waals surface area contributed by atoms with E-state index in [2.05, 4.69) is 38.2 Å². The topological polar surface area (TPSA) is 95.9 Å². The molecule has 0 aliphatic carbocycles. The van der Waals surface area contributed by atoms with Gasteiger partial charge < -0.3 is 20.3 Å². The first-order chi connectivity index (χ1) is 25.0. The third-order valence-corrected chi connectivity index (χ3v) is 10.3. The van der Waals surface area contributed by atoms with E-state index in [4.69, 9.17) is 4.74 Å². The van der Waals surface area contributed by atoms with Crippen molar-refractivity contribution in [2.45, 2.75) is 257 Å². The van der Waals surface area contributed by atoms with Crippen molar-refractivity contribution in [3.8, 4) is 0 Å². The van der Waals surface area contributed by atoms with Crippen molar-refractivity contribution < 1.29 is 24.5 Å². The van der Waals surface area contributed by atoms with Gasteiger partial charge in [-0.1, -0.05) is 187 Å². The molecule has 1 amide bonds. The minimum absolute atomic E-state index is 0.0722. The van der Waals surface area contributed by atoms with Crippen LogP contribution in [0.3, 0.4) is 0 Å². The predicted octanol–water partition coefficient (Wildman–Crippen LogP) is 12.6. The maximum absolute atomic E-state index is 13.1. The van der Waals surface area contributed by atoms with Gasteiger partial charge in [0.25, 0.3) is 0 Å². The summed E-state index contributed by atoms with van der Waals surface area (Å²) in [5, 5.41) is 23.6. The van der Waals surface area contributed by atoms with Crippen LogP contribution in [0, 0.1) is 0 Å². The molecule has 0 fully saturated rings. The summed E-state index contributed by atoms with van der Waals surface area (Å²) in [6.45, 7) is 6.42. The molecule has 0 aliphatic heterocycles. The van der Waals surface area contributed by atoms with E-state index in [1.165, 1.54) is 128 Å². The van der Waals surface area contributed by atoms with Crippen LogP contribution in [0.1, 0.15) is 239 Å². The van der Waals surface area contributed by atoms with Gasteiger partial charge in [-0.05, 0) is 51.4 Å². The van der Waals surface area contributed by atoms with Gasteiger partial charge in [0.05, 0.1) is 25.2 Å². The molecule has 3 unspecified atom stereocenters. The molecule has 6 nitrogen and oxygen atoms in total. The van der Waals surface area contributed by atoms with Crippen molar-refractivity contribution in [2.24, 2.45) is 0 Å². The highest BCUT2D eigenvalue weighted by molar-refractivity contribution is 5.77. The van der Waals surface area contributed by atoms with E-state index in [9.17, 15) is 19.8 Å². The molecule has 3 atom stereocenters. The van der Waals surface area contributed by atoms with E-state index >= 15 is 0 Å². The van der Waals surface area contributed by atoms with E-state index in [1.54, 1.807) is 0 Å². The summed E-state index contributed by atoms with van der Waals surface area (Å²) in [5.74, 6) is -0.485. The number of hydrogen-bond donors (Lipinski definition) is 3. The molecule has 0 saturated carbocycles. The molecule has 0 spiro atoms. The van der Waals surface area contributed by atoms with Gasteiger partial charge in [-0.3, -0.25) is 9.59 Å². The SMILES string of the molecule is CCCCC/C=C\CCCCCC(CC(=O)NC(CO)C(O)CCCCCCCCCCCCCCC)OC(=O)CCCCCCCCCCC. The van der Waals surface area contributed by atoms with E-state index < -0.39 is 18.2 Å². The summed E-state index contributed by atoms with van der Waals surface area (Å²) >= 11 is 0. The summed E-state index contributed by atoms with van der Waals surface area (Å²) in [7, 11) is 0. The van der Waals surface area contributed by atoms with Gasteiger partial charge in [-0.25, -0.2) is 0 Å². The number of ether oxygens (including phenoxy) is 1. The van der Waals surface area contributed by atoms with Crippen LogP contribution in [0.2, 0.25) is 0 Å². The van der Waals surface area contributed by atoms with E-state index in [1.807, 2.05) is 0 Å². The summed E-state index contributed by atoms with van der Waals surface area (Å²) in [6.07, 6.45) is 41.3. The minimum atomic E-state index is -0.783. The normalized spacial score (nSPS) is 13.4. The monoisotopic (exact) mass is 722 g/mol. The Morgan fingerprint density at radius 2 is 0.941 bits per heavy atom. The first kappa shape index (κ1) is 49.6. The number of aliphatic hydroxyl groups excluding tert-OH is 2. The molecule has 0 aliphatic rings. The van der Waals surface area contributed by atoms with Crippen molar-refractivity contribution in [3.05, 3.63) is 12.2 Å². The fourth-order valence-electron chi connectivity index (χ4n) is 6.89. The number of aliphatic hydroxyl groups is 2. The Morgan fingerprint density at radius 3 is 1.43 bits per heavy atom. The molecule has 0 aromatic rings. The lowest BCUT2D eigenvalue weighted by atomic mass is 10.0. The van der Waals surface area contributed by atoms with Crippen LogP contribution in [0.4, 0.5) is 0 Å². The maximum atomic E-state index is 13.1. The van der Waals surface area contributed by atoms with Crippen LogP contribution in [0.5, 0.6) is 0 Å². The molecule has 0 bridgehead atoms. The molecule has 0 radical (unpaired) electrons. The van der Waals surface area contributed by atoms with Gasteiger partial charge in [0.2, 0.25) is 5.91 Å². The van der Waals surface area contributed by atoms with Crippen LogP contribution in [0.15, 0.2) is 12.2 Å². The standard InChI is InChI=1S/C45H87NO5/c1-4-7-10-13-16-19-21-22-23-26-28-31-34-37-43(48)42(40-47)46-44(49)39-41(36-33-30-27-25-20-17-14-11-8-5-2)51-45(50)38-35-32-29-24-18-15-12-9-6-3/h17,20,41-43,47-48H,4-16,18-19,21-40H2,1-3H3,(H,46,49)/b20-17-. The van der Waals surface area contributed by atoms with E-state index in [0.29, 0.717) is 19.3 Å². The fourth-order valence-corrected chi connectivity index (χ4v) is 6.89. The Labute approximate surface area is 317 Å². The average Bonchev–Trinajstić information content (AvgIpc) is 3.12. The Kier molecular flexibility index (Phi) is 38.7. The first-order valence-corrected chi connectivity index (χ1v) is 22.4. The Balaban J connectivity index is 4.52. The van der Waals surface area contributed by atoms with Crippen molar-refractivity contribution in [1.82, 2.24) is 5.32 Å². The molecular weight excluding hydrogens is 634 g/mol. The minimum Gasteiger partial charge on any atom is -0.462 e. The summed E-state index contributed by atoms with van der Waals surface area (Å²) < 4.78 is 5.87. The third-order valence-electron chi connectivity index (χ3n) is 10.3. The van der Waals surface area contributed by atoms with Gasteiger partial charge in [0.1, 0.15) is 6.10 Å². The lowest BCUT2D eigenvalue weighted by Gasteiger charge is -2.24.